The van der Waals surface area contributed by atoms with E-state index in [9.17, 15) is 24.5 Å². The Morgan fingerprint density at radius 3 is 2.27 bits per heavy atom. The van der Waals surface area contributed by atoms with Crippen LogP contribution in [0.2, 0.25) is 5.02 Å². The third-order valence-corrected chi connectivity index (χ3v) is 6.31. The highest BCUT2D eigenvalue weighted by Crippen LogP contribution is 2.23. The number of nitrogens with one attached hydrogen (secondary N) is 1. The van der Waals surface area contributed by atoms with Crippen LogP contribution in [-0.2, 0) is 9.53 Å². The van der Waals surface area contributed by atoms with E-state index in [2.05, 4.69) is 5.32 Å². The second-order valence-electron chi connectivity index (χ2n) is 9.10. The first-order valence-corrected chi connectivity index (χ1v) is 12.0. The standard InChI is InChI=1S/C27H28ClN3O6/c1-15(2)25(29-26(33)22-13-20(31(35)36)10-11-23(22)28)27(34)37-14-24(32)21-12-17(4)30(18(21)5)19-8-6-16(3)7-9-19/h6-13,15,25H,14H2,1-5H3,(H,29,33)/t25-/m0/s1. The molecule has 37 heavy (non-hydrogen) atoms. The highest BCUT2D eigenvalue weighted by molar-refractivity contribution is 6.34. The number of rotatable bonds is 9. The van der Waals surface area contributed by atoms with Crippen LogP contribution >= 0.6 is 11.6 Å². The molecular weight excluding hydrogens is 498 g/mol. The zero-order valence-corrected chi connectivity index (χ0v) is 22.0. The smallest absolute Gasteiger partial charge is 0.329 e. The highest BCUT2D eigenvalue weighted by atomic mass is 35.5. The highest BCUT2D eigenvalue weighted by Gasteiger charge is 2.29. The topological polar surface area (TPSA) is 121 Å². The van der Waals surface area contributed by atoms with E-state index in [1.807, 2.05) is 49.6 Å². The van der Waals surface area contributed by atoms with Gasteiger partial charge in [0, 0.05) is 34.8 Å². The van der Waals surface area contributed by atoms with Crippen molar-refractivity contribution < 1.29 is 24.0 Å². The van der Waals surface area contributed by atoms with Crippen molar-refractivity contribution in [3.05, 3.63) is 91.7 Å². The maximum Gasteiger partial charge on any atom is 0.329 e. The van der Waals surface area contributed by atoms with Crippen LogP contribution in [0.3, 0.4) is 0 Å². The second kappa shape index (κ2) is 11.4. The number of esters is 1. The maximum absolute atomic E-state index is 12.9. The average Bonchev–Trinajstić information content (AvgIpc) is 3.14. The molecule has 3 aromatic rings. The molecule has 0 spiro atoms. The Morgan fingerprint density at radius 1 is 1.03 bits per heavy atom. The molecule has 0 aliphatic carbocycles. The van der Waals surface area contributed by atoms with E-state index in [1.54, 1.807) is 19.9 Å². The average molecular weight is 526 g/mol. The van der Waals surface area contributed by atoms with Gasteiger partial charge in [-0.2, -0.15) is 0 Å². The summed E-state index contributed by atoms with van der Waals surface area (Å²) in [4.78, 5) is 48.9. The predicted octanol–water partition coefficient (Wildman–Crippen LogP) is 5.14. The molecule has 1 aromatic heterocycles. The lowest BCUT2D eigenvalue weighted by atomic mass is 10.0. The summed E-state index contributed by atoms with van der Waals surface area (Å²) in [6.07, 6.45) is 0. The molecule has 1 N–H and O–H groups in total. The van der Waals surface area contributed by atoms with Crippen LogP contribution in [0.25, 0.3) is 5.69 Å². The van der Waals surface area contributed by atoms with E-state index in [4.69, 9.17) is 16.3 Å². The Balaban J connectivity index is 1.72. The summed E-state index contributed by atoms with van der Waals surface area (Å²) in [5, 5.41) is 13.6. The number of hydrogen-bond donors (Lipinski definition) is 1. The summed E-state index contributed by atoms with van der Waals surface area (Å²) in [5.74, 6) is -2.34. The van der Waals surface area contributed by atoms with E-state index < -0.39 is 35.4 Å². The Labute approximate surface area is 219 Å². The predicted molar refractivity (Wildman–Crippen MR) is 139 cm³/mol. The Bertz CT molecular complexity index is 1360. The molecule has 0 saturated heterocycles. The lowest BCUT2D eigenvalue weighted by Gasteiger charge is -2.21. The number of nitro benzene ring substituents is 1. The number of ether oxygens (including phenoxy) is 1. The number of hydrogen-bond acceptors (Lipinski definition) is 6. The molecule has 0 fully saturated rings. The third-order valence-electron chi connectivity index (χ3n) is 5.98. The van der Waals surface area contributed by atoms with Crippen LogP contribution in [-0.4, -0.2) is 39.8 Å². The van der Waals surface area contributed by atoms with Crippen molar-refractivity contribution in [1.29, 1.82) is 0 Å². The van der Waals surface area contributed by atoms with E-state index in [-0.39, 0.29) is 22.1 Å². The van der Waals surface area contributed by atoms with Crippen molar-refractivity contribution >= 4 is 34.9 Å². The first-order chi connectivity index (χ1) is 17.4. The minimum Gasteiger partial charge on any atom is -0.456 e. The number of benzene rings is 2. The summed E-state index contributed by atoms with van der Waals surface area (Å²) in [6.45, 7) is 8.58. The number of carbonyl (C=O) groups excluding carboxylic acids is 3. The van der Waals surface area contributed by atoms with Gasteiger partial charge < -0.3 is 14.6 Å². The fourth-order valence-electron chi connectivity index (χ4n) is 3.96. The van der Waals surface area contributed by atoms with E-state index in [0.29, 0.717) is 5.56 Å². The Hall–Kier alpha value is -3.98. The summed E-state index contributed by atoms with van der Waals surface area (Å²) in [6, 6.07) is 12.0. The molecule has 3 rings (SSSR count). The van der Waals surface area contributed by atoms with E-state index >= 15 is 0 Å². The number of carbonyl (C=O) groups is 3. The fraction of sp³-hybridized carbons (Fsp3) is 0.296. The van der Waals surface area contributed by atoms with Gasteiger partial charge in [0.1, 0.15) is 6.04 Å². The fourth-order valence-corrected chi connectivity index (χ4v) is 4.16. The molecular formula is C27H28ClN3O6. The molecule has 1 atom stereocenters. The molecule has 0 aliphatic rings. The number of Topliss-reactive ketones (excluding diaryl/α,β-unsaturated/α-hetero) is 1. The van der Waals surface area contributed by atoms with Gasteiger partial charge in [-0.05, 0) is 51.0 Å². The summed E-state index contributed by atoms with van der Waals surface area (Å²) in [7, 11) is 0. The van der Waals surface area contributed by atoms with Gasteiger partial charge in [-0.15, -0.1) is 0 Å². The summed E-state index contributed by atoms with van der Waals surface area (Å²) < 4.78 is 7.24. The summed E-state index contributed by atoms with van der Waals surface area (Å²) in [5.41, 5.74) is 3.59. The minimum absolute atomic E-state index is 0.00177. The molecule has 194 valence electrons. The zero-order chi connectivity index (χ0) is 27.4. The zero-order valence-electron chi connectivity index (χ0n) is 21.2. The number of nitro groups is 1. The van der Waals surface area contributed by atoms with Gasteiger partial charge in [0.15, 0.2) is 6.61 Å². The maximum atomic E-state index is 12.9. The van der Waals surface area contributed by atoms with E-state index in [0.717, 1.165) is 28.7 Å². The molecule has 10 heteroatoms. The van der Waals surface area contributed by atoms with Crippen molar-refractivity contribution in [3.8, 4) is 5.69 Å². The monoisotopic (exact) mass is 525 g/mol. The Morgan fingerprint density at radius 2 is 1.68 bits per heavy atom. The van der Waals surface area contributed by atoms with Crippen LogP contribution in [0.4, 0.5) is 5.69 Å². The van der Waals surface area contributed by atoms with Gasteiger partial charge in [0.05, 0.1) is 15.5 Å². The molecule has 2 aromatic carbocycles. The SMILES string of the molecule is Cc1ccc(-n2c(C)cc(C(=O)COC(=O)[C@@H](NC(=O)c3cc([N+](=O)[O-])ccc3Cl)C(C)C)c2C)cc1. The molecule has 1 amide bonds. The number of ketones is 1. The molecule has 0 radical (unpaired) electrons. The van der Waals surface area contributed by atoms with Crippen LogP contribution in [0.5, 0.6) is 0 Å². The number of aromatic nitrogens is 1. The van der Waals surface area contributed by atoms with Crippen LogP contribution in [0.1, 0.15) is 51.5 Å². The molecule has 0 bridgehead atoms. The molecule has 1 heterocycles. The molecule has 0 aliphatic heterocycles. The number of aryl methyl sites for hydroxylation is 2. The van der Waals surface area contributed by atoms with Gasteiger partial charge in [0.2, 0.25) is 5.78 Å². The molecule has 0 saturated carbocycles. The van der Waals surface area contributed by atoms with Crippen LogP contribution < -0.4 is 5.32 Å². The second-order valence-corrected chi connectivity index (χ2v) is 9.51. The molecule has 9 nitrogen and oxygen atoms in total. The first-order valence-electron chi connectivity index (χ1n) is 11.6. The normalized spacial score (nSPS) is 11.8. The van der Waals surface area contributed by atoms with Crippen LogP contribution in [0.15, 0.2) is 48.5 Å². The van der Waals surface area contributed by atoms with E-state index in [1.165, 1.54) is 12.1 Å². The lowest BCUT2D eigenvalue weighted by molar-refractivity contribution is -0.384. The van der Waals surface area contributed by atoms with Crippen molar-refractivity contribution in [1.82, 2.24) is 9.88 Å². The summed E-state index contributed by atoms with van der Waals surface area (Å²) >= 11 is 6.04. The van der Waals surface area contributed by atoms with Crippen molar-refractivity contribution in [2.24, 2.45) is 5.92 Å². The van der Waals surface area contributed by atoms with Crippen molar-refractivity contribution in [2.75, 3.05) is 6.61 Å². The number of halogens is 1. The van der Waals surface area contributed by atoms with Gasteiger partial charge >= 0.3 is 5.97 Å². The van der Waals surface area contributed by atoms with Gasteiger partial charge in [-0.3, -0.25) is 19.7 Å². The number of non-ortho nitro benzene ring substituents is 1. The lowest BCUT2D eigenvalue weighted by Crippen LogP contribution is -2.45. The number of nitrogens with zero attached hydrogens (tertiary/aromatic N) is 2. The quantitative estimate of drug-likeness (QED) is 0.178. The van der Waals surface area contributed by atoms with Crippen LogP contribution in [0, 0.1) is 36.8 Å². The Kier molecular flexibility index (Phi) is 8.49. The number of amides is 1. The van der Waals surface area contributed by atoms with Crippen molar-refractivity contribution in [3.63, 3.8) is 0 Å². The largest absolute Gasteiger partial charge is 0.456 e. The van der Waals surface area contributed by atoms with Crippen molar-refractivity contribution in [2.45, 2.75) is 40.7 Å². The first kappa shape index (κ1) is 27.6. The van der Waals surface area contributed by atoms with Gasteiger partial charge in [-0.1, -0.05) is 43.1 Å². The van der Waals surface area contributed by atoms with Gasteiger partial charge in [0.25, 0.3) is 11.6 Å². The minimum atomic E-state index is -1.10. The van der Waals surface area contributed by atoms with Gasteiger partial charge in [-0.25, -0.2) is 4.79 Å². The third kappa shape index (κ3) is 6.24. The molecule has 0 unspecified atom stereocenters.